The SMILES string of the molecule is CC.Cc1cc(-c2n[nH]c(=O)[nH]c2=O)cc(Cl)c1Cc1cc(C(C)C)c(=O)[nH]n1. The van der Waals surface area contributed by atoms with Crippen LogP contribution in [0.5, 0.6) is 0 Å². The van der Waals surface area contributed by atoms with Crippen LogP contribution >= 0.6 is 11.6 Å². The Hall–Kier alpha value is -3.00. The van der Waals surface area contributed by atoms with Gasteiger partial charge in [0.25, 0.3) is 11.1 Å². The van der Waals surface area contributed by atoms with E-state index < -0.39 is 11.2 Å². The van der Waals surface area contributed by atoms with Crippen molar-refractivity contribution in [2.45, 2.75) is 47.0 Å². The molecule has 0 atom stereocenters. The average molecular weight is 418 g/mol. The maximum Gasteiger partial charge on any atom is 0.342 e. The number of hydrogen-bond acceptors (Lipinski definition) is 5. The van der Waals surface area contributed by atoms with Gasteiger partial charge < -0.3 is 0 Å². The largest absolute Gasteiger partial charge is 0.342 e. The van der Waals surface area contributed by atoms with Crippen molar-refractivity contribution in [3.63, 3.8) is 0 Å². The second-order valence-corrected chi connectivity index (χ2v) is 6.99. The summed E-state index contributed by atoms with van der Waals surface area (Å²) in [5.41, 5.74) is 2.13. The Labute approximate surface area is 172 Å². The Balaban J connectivity index is 0.00000145. The molecule has 0 saturated carbocycles. The molecule has 3 N–H and O–H groups in total. The lowest BCUT2D eigenvalue weighted by atomic mass is 9.98. The van der Waals surface area contributed by atoms with Gasteiger partial charge in [-0.1, -0.05) is 39.3 Å². The number of aromatic nitrogens is 5. The van der Waals surface area contributed by atoms with E-state index >= 15 is 0 Å². The van der Waals surface area contributed by atoms with Crippen LogP contribution < -0.4 is 16.8 Å². The number of nitrogens with one attached hydrogen (secondary N) is 3. The summed E-state index contributed by atoms with van der Waals surface area (Å²) < 4.78 is 0. The first kappa shape index (κ1) is 22.3. The molecule has 0 unspecified atom stereocenters. The van der Waals surface area contributed by atoms with Gasteiger partial charge in [0.1, 0.15) is 0 Å². The number of hydrogen-bond donors (Lipinski definition) is 3. The summed E-state index contributed by atoms with van der Waals surface area (Å²) in [7, 11) is 0. The van der Waals surface area contributed by atoms with Crippen molar-refractivity contribution in [3.05, 3.63) is 76.8 Å². The van der Waals surface area contributed by atoms with E-state index in [9.17, 15) is 14.4 Å². The summed E-state index contributed by atoms with van der Waals surface area (Å²) in [6.07, 6.45) is 0.427. The Kier molecular flexibility index (Phi) is 7.28. The first-order valence-corrected chi connectivity index (χ1v) is 9.71. The van der Waals surface area contributed by atoms with E-state index in [1.165, 1.54) is 0 Å². The van der Waals surface area contributed by atoms with Gasteiger partial charge in [0.15, 0.2) is 5.69 Å². The first-order valence-electron chi connectivity index (χ1n) is 9.33. The Morgan fingerprint density at radius 2 is 1.69 bits per heavy atom. The number of H-pyrrole nitrogens is 3. The lowest BCUT2D eigenvalue weighted by molar-refractivity contribution is 0.800. The van der Waals surface area contributed by atoms with Crippen LogP contribution in [0.15, 0.2) is 32.6 Å². The van der Waals surface area contributed by atoms with Crippen molar-refractivity contribution < 1.29 is 0 Å². The fourth-order valence-corrected chi connectivity index (χ4v) is 3.18. The van der Waals surface area contributed by atoms with Crippen LogP contribution in [0.25, 0.3) is 11.3 Å². The van der Waals surface area contributed by atoms with Crippen LogP contribution in [-0.4, -0.2) is 25.4 Å². The van der Waals surface area contributed by atoms with Gasteiger partial charge in [-0.3, -0.25) is 14.6 Å². The molecular weight excluding hydrogens is 394 g/mol. The number of aryl methyl sites for hydroxylation is 1. The molecule has 3 rings (SSSR count). The van der Waals surface area contributed by atoms with Gasteiger partial charge in [0.05, 0.1) is 5.69 Å². The number of aromatic amines is 3. The smallest absolute Gasteiger partial charge is 0.271 e. The molecule has 0 radical (unpaired) electrons. The molecule has 2 heterocycles. The van der Waals surface area contributed by atoms with Crippen molar-refractivity contribution in [3.8, 4) is 11.3 Å². The number of benzene rings is 1. The second kappa shape index (κ2) is 9.47. The molecule has 2 aromatic heterocycles. The molecule has 0 saturated heterocycles. The van der Waals surface area contributed by atoms with Gasteiger partial charge in [0.2, 0.25) is 0 Å². The second-order valence-electron chi connectivity index (χ2n) is 6.58. The zero-order valence-corrected chi connectivity index (χ0v) is 17.8. The van der Waals surface area contributed by atoms with Crippen molar-refractivity contribution in [2.75, 3.05) is 0 Å². The standard InChI is InChI=1S/C18H18ClN5O3.C2H6/c1-8(2)12-6-11(21-23-16(12)25)7-13-9(3)4-10(5-14(13)19)15-17(26)20-18(27)24-22-15;1-2/h4-6,8H,7H2,1-3H3,(H,23,25)(H2,20,24,26,27);1-2H3. The summed E-state index contributed by atoms with van der Waals surface area (Å²) in [6, 6.07) is 5.17. The van der Waals surface area contributed by atoms with Gasteiger partial charge in [0, 0.05) is 22.6 Å². The molecule has 0 bridgehead atoms. The van der Waals surface area contributed by atoms with E-state index in [0.29, 0.717) is 28.3 Å². The topological polar surface area (TPSA) is 124 Å². The Morgan fingerprint density at radius 1 is 1.00 bits per heavy atom. The maximum atomic E-state index is 11.9. The molecule has 0 amide bonds. The van der Waals surface area contributed by atoms with Crippen LogP contribution in [0, 0.1) is 6.92 Å². The zero-order valence-electron chi connectivity index (χ0n) is 17.0. The minimum Gasteiger partial charge on any atom is -0.271 e. The molecule has 154 valence electrons. The highest BCUT2D eigenvalue weighted by atomic mass is 35.5. The molecule has 0 aliphatic rings. The number of halogens is 1. The van der Waals surface area contributed by atoms with Gasteiger partial charge >= 0.3 is 5.69 Å². The van der Waals surface area contributed by atoms with E-state index in [2.05, 4.69) is 25.4 Å². The van der Waals surface area contributed by atoms with Crippen molar-refractivity contribution >= 4 is 11.6 Å². The van der Waals surface area contributed by atoms with E-state index in [4.69, 9.17) is 11.6 Å². The predicted octanol–water partition coefficient (Wildman–Crippen LogP) is 2.91. The third kappa shape index (κ3) is 5.08. The maximum absolute atomic E-state index is 11.9. The molecular formula is C20H24ClN5O3. The summed E-state index contributed by atoms with van der Waals surface area (Å²) in [6.45, 7) is 9.74. The quantitative estimate of drug-likeness (QED) is 0.602. The van der Waals surface area contributed by atoms with Gasteiger partial charge in [-0.05, 0) is 42.2 Å². The molecule has 0 aliphatic carbocycles. The van der Waals surface area contributed by atoms with Gasteiger partial charge in [-0.25, -0.2) is 15.0 Å². The van der Waals surface area contributed by atoms with Crippen LogP contribution in [0.1, 0.15) is 56.0 Å². The van der Waals surface area contributed by atoms with Crippen LogP contribution in [0.4, 0.5) is 0 Å². The highest BCUT2D eigenvalue weighted by Gasteiger charge is 2.14. The van der Waals surface area contributed by atoms with Gasteiger partial charge in [-0.2, -0.15) is 10.2 Å². The first-order chi connectivity index (χ1) is 13.8. The van der Waals surface area contributed by atoms with Crippen molar-refractivity contribution in [1.29, 1.82) is 0 Å². The number of nitrogens with zero attached hydrogens (tertiary/aromatic N) is 2. The lowest BCUT2D eigenvalue weighted by Gasteiger charge is -2.12. The van der Waals surface area contributed by atoms with Crippen LogP contribution in [0.3, 0.4) is 0 Å². The van der Waals surface area contributed by atoms with E-state index in [-0.39, 0.29) is 17.2 Å². The monoisotopic (exact) mass is 417 g/mol. The molecule has 29 heavy (non-hydrogen) atoms. The molecule has 3 aromatic rings. The molecule has 8 nitrogen and oxygen atoms in total. The molecule has 0 fully saturated rings. The van der Waals surface area contributed by atoms with E-state index in [1.54, 1.807) is 18.2 Å². The summed E-state index contributed by atoms with van der Waals surface area (Å²) in [5, 5.41) is 13.1. The fourth-order valence-electron chi connectivity index (χ4n) is 2.84. The van der Waals surface area contributed by atoms with Crippen LogP contribution in [-0.2, 0) is 6.42 Å². The van der Waals surface area contributed by atoms with Crippen molar-refractivity contribution in [2.24, 2.45) is 0 Å². The highest BCUT2D eigenvalue weighted by Crippen LogP contribution is 2.28. The zero-order chi connectivity index (χ0) is 21.7. The highest BCUT2D eigenvalue weighted by molar-refractivity contribution is 6.31. The average Bonchev–Trinajstić information content (AvgIpc) is 2.67. The molecule has 0 aliphatic heterocycles. The number of rotatable bonds is 4. The lowest BCUT2D eigenvalue weighted by Crippen LogP contribution is -2.25. The van der Waals surface area contributed by atoms with Crippen LogP contribution in [0.2, 0.25) is 5.02 Å². The Morgan fingerprint density at radius 3 is 2.28 bits per heavy atom. The third-order valence-electron chi connectivity index (χ3n) is 4.27. The van der Waals surface area contributed by atoms with E-state index in [0.717, 1.165) is 11.1 Å². The van der Waals surface area contributed by atoms with Gasteiger partial charge in [-0.15, -0.1) is 0 Å². The minimum atomic E-state index is -0.673. The summed E-state index contributed by atoms with van der Waals surface area (Å²) in [4.78, 5) is 37.1. The molecule has 9 heteroatoms. The minimum absolute atomic E-state index is 0.0764. The fraction of sp³-hybridized carbons (Fsp3) is 0.350. The predicted molar refractivity (Wildman–Crippen MR) is 114 cm³/mol. The summed E-state index contributed by atoms with van der Waals surface area (Å²) >= 11 is 6.44. The van der Waals surface area contributed by atoms with E-state index in [1.807, 2.05) is 34.6 Å². The molecule has 1 aromatic carbocycles. The Bertz CT molecular complexity index is 1150. The van der Waals surface area contributed by atoms with Crippen molar-refractivity contribution in [1.82, 2.24) is 25.4 Å². The molecule has 0 spiro atoms. The third-order valence-corrected chi connectivity index (χ3v) is 4.61. The summed E-state index contributed by atoms with van der Waals surface area (Å²) in [5.74, 6) is 0.0764. The normalized spacial score (nSPS) is 10.6.